The van der Waals surface area contributed by atoms with Crippen molar-refractivity contribution in [2.45, 2.75) is 0 Å². The minimum absolute atomic E-state index is 0.0322. The molecule has 3 heteroatoms. The first-order chi connectivity index (χ1) is 4.20. The minimum Gasteiger partial charge on any atom is -0.872 e. The predicted molar refractivity (Wildman–Crippen MR) is 43.0 cm³/mol. The fourth-order valence-corrected chi connectivity index (χ4v) is 1.06. The largest absolute Gasteiger partial charge is 0.872 e. The van der Waals surface area contributed by atoms with Gasteiger partial charge in [0.05, 0.1) is 0 Å². The number of anilines is 1. The van der Waals surface area contributed by atoms with E-state index in [1.54, 1.807) is 12.1 Å². The molecule has 0 saturated heterocycles. The summed E-state index contributed by atoms with van der Waals surface area (Å²) in [4.78, 5) is 0. The van der Waals surface area contributed by atoms with E-state index in [1.807, 2.05) is 22.6 Å². The molecule has 0 aromatic heterocycles. The maximum Gasteiger partial charge on any atom is 0.0324 e. The summed E-state index contributed by atoms with van der Waals surface area (Å²) in [7, 11) is 0. The standard InChI is InChI=1S/C6H6INO/c7-5-3-4(8)1-2-6(5)9/h1-3,9H,8H2/p-1. The molecule has 1 aromatic carbocycles. The Labute approximate surface area is 66.8 Å². The topological polar surface area (TPSA) is 49.1 Å². The fraction of sp³-hybridized carbons (Fsp3) is 0. The fourth-order valence-electron chi connectivity index (χ4n) is 0.517. The van der Waals surface area contributed by atoms with Crippen LogP contribution in [0.15, 0.2) is 18.2 Å². The molecule has 0 radical (unpaired) electrons. The highest BCUT2D eigenvalue weighted by molar-refractivity contribution is 14.1. The third-order valence-corrected chi connectivity index (χ3v) is 1.80. The summed E-state index contributed by atoms with van der Waals surface area (Å²) in [5, 5.41) is 10.7. The van der Waals surface area contributed by atoms with E-state index in [9.17, 15) is 5.11 Å². The molecule has 0 aliphatic heterocycles. The van der Waals surface area contributed by atoms with Gasteiger partial charge in [-0.05, 0) is 34.7 Å². The maximum atomic E-state index is 10.7. The quantitative estimate of drug-likeness (QED) is 0.536. The summed E-state index contributed by atoms with van der Waals surface area (Å²) in [6.45, 7) is 0. The van der Waals surface area contributed by atoms with Crippen LogP contribution in [0, 0.1) is 3.57 Å². The van der Waals surface area contributed by atoms with Crippen molar-refractivity contribution in [3.63, 3.8) is 0 Å². The predicted octanol–water partition coefficient (Wildman–Crippen LogP) is 0.947. The van der Waals surface area contributed by atoms with E-state index in [1.165, 1.54) is 6.07 Å². The number of rotatable bonds is 0. The number of nitrogens with two attached hydrogens (primary N) is 1. The smallest absolute Gasteiger partial charge is 0.0324 e. The second kappa shape index (κ2) is 2.43. The number of nitrogen functional groups attached to an aromatic ring is 1. The first-order valence-electron chi connectivity index (χ1n) is 2.42. The normalized spacial score (nSPS) is 9.44. The highest BCUT2D eigenvalue weighted by Crippen LogP contribution is 2.18. The molecular formula is C6H5INO-. The van der Waals surface area contributed by atoms with Gasteiger partial charge in [-0.2, -0.15) is 0 Å². The van der Waals surface area contributed by atoms with Crippen molar-refractivity contribution in [3.8, 4) is 5.75 Å². The van der Waals surface area contributed by atoms with Crippen molar-refractivity contribution in [3.05, 3.63) is 21.8 Å². The minimum atomic E-state index is 0.0322. The van der Waals surface area contributed by atoms with Crippen molar-refractivity contribution in [1.82, 2.24) is 0 Å². The summed E-state index contributed by atoms with van der Waals surface area (Å²) >= 11 is 1.96. The number of halogens is 1. The molecule has 0 bridgehead atoms. The highest BCUT2D eigenvalue weighted by Gasteiger charge is 1.86. The van der Waals surface area contributed by atoms with Crippen LogP contribution in [0.1, 0.15) is 0 Å². The van der Waals surface area contributed by atoms with Crippen LogP contribution < -0.4 is 10.8 Å². The molecule has 0 aliphatic carbocycles. The molecule has 48 valence electrons. The van der Waals surface area contributed by atoms with Crippen molar-refractivity contribution in [1.29, 1.82) is 0 Å². The van der Waals surface area contributed by atoms with Gasteiger partial charge in [-0.1, -0.05) is 11.8 Å². The van der Waals surface area contributed by atoms with Crippen LogP contribution >= 0.6 is 22.6 Å². The van der Waals surface area contributed by atoms with Gasteiger partial charge in [-0.3, -0.25) is 0 Å². The van der Waals surface area contributed by atoms with Gasteiger partial charge in [0.2, 0.25) is 0 Å². The first-order valence-corrected chi connectivity index (χ1v) is 3.50. The lowest BCUT2D eigenvalue weighted by molar-refractivity contribution is -0.269. The van der Waals surface area contributed by atoms with E-state index in [2.05, 4.69) is 0 Å². The van der Waals surface area contributed by atoms with Gasteiger partial charge in [0.1, 0.15) is 0 Å². The van der Waals surface area contributed by atoms with Gasteiger partial charge in [-0.25, -0.2) is 0 Å². The van der Waals surface area contributed by atoms with Crippen molar-refractivity contribution < 1.29 is 5.11 Å². The van der Waals surface area contributed by atoms with Crippen LogP contribution in [-0.4, -0.2) is 0 Å². The molecular weight excluding hydrogens is 229 g/mol. The molecule has 0 heterocycles. The molecule has 0 aliphatic rings. The van der Waals surface area contributed by atoms with Crippen molar-refractivity contribution in [2.24, 2.45) is 0 Å². The molecule has 0 amide bonds. The number of benzene rings is 1. The van der Waals surface area contributed by atoms with Crippen LogP contribution in [0.2, 0.25) is 0 Å². The zero-order valence-electron chi connectivity index (χ0n) is 4.60. The van der Waals surface area contributed by atoms with Gasteiger partial charge < -0.3 is 10.8 Å². The lowest BCUT2D eigenvalue weighted by atomic mass is 10.3. The molecule has 2 nitrogen and oxygen atoms in total. The molecule has 9 heavy (non-hydrogen) atoms. The molecule has 1 rings (SSSR count). The Morgan fingerprint density at radius 3 is 2.56 bits per heavy atom. The zero-order valence-corrected chi connectivity index (χ0v) is 6.75. The third-order valence-electron chi connectivity index (χ3n) is 0.956. The third kappa shape index (κ3) is 1.48. The van der Waals surface area contributed by atoms with Gasteiger partial charge >= 0.3 is 0 Å². The molecule has 0 spiro atoms. The maximum absolute atomic E-state index is 10.7. The van der Waals surface area contributed by atoms with Gasteiger partial charge in [-0.15, -0.1) is 0 Å². The lowest BCUT2D eigenvalue weighted by Crippen LogP contribution is -1.93. The molecule has 0 unspecified atom stereocenters. The zero-order chi connectivity index (χ0) is 6.85. The van der Waals surface area contributed by atoms with E-state index in [4.69, 9.17) is 5.73 Å². The summed E-state index contributed by atoms with van der Waals surface area (Å²) in [6, 6.07) is 4.73. The molecule has 0 atom stereocenters. The summed E-state index contributed by atoms with van der Waals surface area (Å²) in [5.74, 6) is 0.0322. The summed E-state index contributed by atoms with van der Waals surface area (Å²) < 4.78 is 0.674. The Morgan fingerprint density at radius 2 is 2.11 bits per heavy atom. The van der Waals surface area contributed by atoms with E-state index in [-0.39, 0.29) is 5.75 Å². The van der Waals surface area contributed by atoms with Gasteiger partial charge in [0, 0.05) is 9.26 Å². The van der Waals surface area contributed by atoms with Crippen LogP contribution in [0.3, 0.4) is 0 Å². The molecule has 2 N–H and O–H groups in total. The van der Waals surface area contributed by atoms with E-state index in [0.29, 0.717) is 9.26 Å². The van der Waals surface area contributed by atoms with E-state index in [0.717, 1.165) is 0 Å². The van der Waals surface area contributed by atoms with Crippen LogP contribution in [0.4, 0.5) is 5.69 Å². The summed E-state index contributed by atoms with van der Waals surface area (Å²) in [6.07, 6.45) is 0. The second-order valence-electron chi connectivity index (χ2n) is 1.69. The van der Waals surface area contributed by atoms with Crippen LogP contribution in [-0.2, 0) is 0 Å². The number of hydrogen-bond acceptors (Lipinski definition) is 2. The van der Waals surface area contributed by atoms with Crippen LogP contribution in [0.25, 0.3) is 0 Å². The van der Waals surface area contributed by atoms with Gasteiger partial charge in [0.15, 0.2) is 0 Å². The number of hydrogen-bond donors (Lipinski definition) is 1. The van der Waals surface area contributed by atoms with E-state index < -0.39 is 0 Å². The Kier molecular flexibility index (Phi) is 1.80. The van der Waals surface area contributed by atoms with Crippen molar-refractivity contribution in [2.75, 3.05) is 5.73 Å². The molecule has 0 saturated carbocycles. The van der Waals surface area contributed by atoms with Gasteiger partial charge in [0.25, 0.3) is 0 Å². The lowest BCUT2D eigenvalue weighted by Gasteiger charge is -2.07. The molecule has 1 aromatic rings. The SMILES string of the molecule is Nc1ccc([O-])c(I)c1. The Hall–Kier alpha value is -0.450. The van der Waals surface area contributed by atoms with E-state index >= 15 is 0 Å². The summed E-state index contributed by atoms with van der Waals surface area (Å²) in [5.41, 5.74) is 6.02. The average Bonchev–Trinajstić information content (AvgIpc) is 1.80. The Bertz CT molecular complexity index is 224. The average molecular weight is 234 g/mol. The molecule has 0 fully saturated rings. The monoisotopic (exact) mass is 234 g/mol. The van der Waals surface area contributed by atoms with Crippen LogP contribution in [0.5, 0.6) is 5.75 Å². The first kappa shape index (κ1) is 6.67. The van der Waals surface area contributed by atoms with Crippen molar-refractivity contribution >= 4 is 28.3 Å². The second-order valence-corrected chi connectivity index (χ2v) is 2.85. The highest BCUT2D eigenvalue weighted by atomic mass is 127. The Morgan fingerprint density at radius 1 is 1.44 bits per heavy atom. The Balaban J connectivity index is 3.17.